The first-order valence-corrected chi connectivity index (χ1v) is 5.91. The largest absolute Gasteiger partial charge is 0.378 e. The Morgan fingerprint density at radius 2 is 2.27 bits per heavy atom. The molecule has 3 nitrogen and oxygen atoms in total. The maximum absolute atomic E-state index is 8.48. The summed E-state index contributed by atoms with van der Waals surface area (Å²) in [5.41, 5.74) is 0.255. The SMILES string of the molecule is CCOC1CC(NCCC#N)C1(C)CC. The summed E-state index contributed by atoms with van der Waals surface area (Å²) in [5, 5.41) is 11.9. The summed E-state index contributed by atoms with van der Waals surface area (Å²) in [6, 6.07) is 2.68. The Balaban J connectivity index is 2.39. The number of nitrogens with one attached hydrogen (secondary N) is 1. The van der Waals surface area contributed by atoms with E-state index in [0.29, 0.717) is 18.6 Å². The van der Waals surface area contributed by atoms with Gasteiger partial charge in [-0.15, -0.1) is 0 Å². The molecule has 3 atom stereocenters. The van der Waals surface area contributed by atoms with E-state index in [1.165, 1.54) is 0 Å². The van der Waals surface area contributed by atoms with Crippen molar-refractivity contribution in [2.75, 3.05) is 13.2 Å². The number of ether oxygens (including phenoxy) is 1. The molecule has 1 saturated carbocycles. The standard InChI is InChI=1S/C12H22N2O/c1-4-12(3)10(14-8-6-7-13)9-11(12)15-5-2/h10-11,14H,4-6,8-9H2,1-3H3. The first kappa shape index (κ1) is 12.5. The Kier molecular flexibility index (Phi) is 4.56. The molecule has 0 radical (unpaired) electrons. The van der Waals surface area contributed by atoms with E-state index in [-0.39, 0.29) is 5.41 Å². The summed E-state index contributed by atoms with van der Waals surface area (Å²) in [6.45, 7) is 8.14. The Bertz CT molecular complexity index is 236. The number of hydrogen-bond acceptors (Lipinski definition) is 3. The van der Waals surface area contributed by atoms with Crippen molar-refractivity contribution in [1.82, 2.24) is 5.32 Å². The van der Waals surface area contributed by atoms with Crippen LogP contribution in [0.1, 0.15) is 40.0 Å². The predicted molar refractivity (Wildman–Crippen MR) is 60.4 cm³/mol. The van der Waals surface area contributed by atoms with Gasteiger partial charge in [0.25, 0.3) is 0 Å². The van der Waals surface area contributed by atoms with Crippen molar-refractivity contribution in [2.45, 2.75) is 52.2 Å². The Morgan fingerprint density at radius 1 is 1.53 bits per heavy atom. The van der Waals surface area contributed by atoms with E-state index in [9.17, 15) is 0 Å². The van der Waals surface area contributed by atoms with Gasteiger partial charge >= 0.3 is 0 Å². The molecule has 0 heterocycles. The van der Waals surface area contributed by atoms with E-state index in [4.69, 9.17) is 10.00 Å². The average molecular weight is 210 g/mol. The van der Waals surface area contributed by atoms with Crippen LogP contribution in [0, 0.1) is 16.7 Å². The molecule has 0 bridgehead atoms. The molecule has 0 aromatic rings. The minimum absolute atomic E-state index is 0.255. The quantitative estimate of drug-likeness (QED) is 0.683. The zero-order chi connectivity index (χ0) is 11.3. The number of rotatable bonds is 6. The molecule has 15 heavy (non-hydrogen) atoms. The van der Waals surface area contributed by atoms with Gasteiger partial charge in [0, 0.05) is 31.0 Å². The molecule has 1 fully saturated rings. The van der Waals surface area contributed by atoms with E-state index >= 15 is 0 Å². The molecule has 3 unspecified atom stereocenters. The van der Waals surface area contributed by atoms with Crippen LogP contribution in [0.25, 0.3) is 0 Å². The Labute approximate surface area is 92.8 Å². The highest BCUT2D eigenvalue weighted by Crippen LogP contribution is 2.45. The highest BCUT2D eigenvalue weighted by atomic mass is 16.5. The molecular weight excluding hydrogens is 188 g/mol. The fourth-order valence-electron chi connectivity index (χ4n) is 2.37. The molecule has 1 aliphatic rings. The van der Waals surface area contributed by atoms with E-state index in [1.54, 1.807) is 0 Å². The average Bonchev–Trinajstić information content (AvgIpc) is 2.26. The lowest BCUT2D eigenvalue weighted by Gasteiger charge is -2.53. The minimum atomic E-state index is 0.255. The van der Waals surface area contributed by atoms with Crippen molar-refractivity contribution in [2.24, 2.45) is 5.41 Å². The molecule has 1 rings (SSSR count). The van der Waals surface area contributed by atoms with Crippen molar-refractivity contribution in [3.05, 3.63) is 0 Å². The smallest absolute Gasteiger partial charge is 0.0658 e. The first-order chi connectivity index (χ1) is 7.19. The third-order valence-corrected chi connectivity index (χ3v) is 3.74. The van der Waals surface area contributed by atoms with Gasteiger partial charge in [-0.3, -0.25) is 0 Å². The number of nitrogens with zero attached hydrogens (tertiary/aromatic N) is 1. The van der Waals surface area contributed by atoms with Gasteiger partial charge in [0.2, 0.25) is 0 Å². The normalized spacial score (nSPS) is 34.5. The highest BCUT2D eigenvalue weighted by Gasteiger charge is 2.50. The summed E-state index contributed by atoms with van der Waals surface area (Å²) < 4.78 is 5.72. The third kappa shape index (κ3) is 2.50. The van der Waals surface area contributed by atoms with Crippen LogP contribution in [0.3, 0.4) is 0 Å². The zero-order valence-electron chi connectivity index (χ0n) is 10.0. The maximum Gasteiger partial charge on any atom is 0.0658 e. The molecule has 0 saturated heterocycles. The van der Waals surface area contributed by atoms with Gasteiger partial charge in [0.15, 0.2) is 0 Å². The summed E-state index contributed by atoms with van der Waals surface area (Å²) in [6.07, 6.45) is 3.20. The minimum Gasteiger partial charge on any atom is -0.378 e. The summed E-state index contributed by atoms with van der Waals surface area (Å²) in [5.74, 6) is 0. The topological polar surface area (TPSA) is 45.0 Å². The summed E-state index contributed by atoms with van der Waals surface area (Å²) in [7, 11) is 0. The van der Waals surface area contributed by atoms with Gasteiger partial charge in [0.1, 0.15) is 0 Å². The van der Waals surface area contributed by atoms with E-state index in [0.717, 1.165) is 26.0 Å². The lowest BCUT2D eigenvalue weighted by molar-refractivity contribution is -0.125. The molecule has 1 aliphatic carbocycles. The number of nitriles is 1. The van der Waals surface area contributed by atoms with Crippen LogP contribution < -0.4 is 5.32 Å². The predicted octanol–water partition coefficient (Wildman–Crippen LogP) is 2.08. The van der Waals surface area contributed by atoms with Crippen LogP contribution >= 0.6 is 0 Å². The van der Waals surface area contributed by atoms with Crippen LogP contribution in [0.4, 0.5) is 0 Å². The second-order valence-corrected chi connectivity index (χ2v) is 4.45. The highest BCUT2D eigenvalue weighted by molar-refractivity contribution is 5.04. The molecule has 0 amide bonds. The lowest BCUT2D eigenvalue weighted by atomic mass is 9.61. The molecule has 86 valence electrons. The van der Waals surface area contributed by atoms with E-state index < -0.39 is 0 Å². The van der Waals surface area contributed by atoms with Crippen LogP contribution in [0.5, 0.6) is 0 Å². The first-order valence-electron chi connectivity index (χ1n) is 5.91. The van der Waals surface area contributed by atoms with Gasteiger partial charge in [-0.1, -0.05) is 13.8 Å². The fourth-order valence-corrected chi connectivity index (χ4v) is 2.37. The molecule has 0 aromatic carbocycles. The monoisotopic (exact) mass is 210 g/mol. The second kappa shape index (κ2) is 5.48. The number of hydrogen-bond donors (Lipinski definition) is 1. The van der Waals surface area contributed by atoms with Crippen LogP contribution in [0.2, 0.25) is 0 Å². The summed E-state index contributed by atoms with van der Waals surface area (Å²) in [4.78, 5) is 0. The van der Waals surface area contributed by atoms with Crippen molar-refractivity contribution in [3.63, 3.8) is 0 Å². The molecule has 0 spiro atoms. The summed E-state index contributed by atoms with van der Waals surface area (Å²) >= 11 is 0. The third-order valence-electron chi connectivity index (χ3n) is 3.74. The van der Waals surface area contributed by atoms with Gasteiger partial charge < -0.3 is 10.1 Å². The van der Waals surface area contributed by atoms with Gasteiger partial charge in [-0.25, -0.2) is 0 Å². The van der Waals surface area contributed by atoms with Gasteiger partial charge in [-0.2, -0.15) is 5.26 Å². The zero-order valence-corrected chi connectivity index (χ0v) is 10.0. The van der Waals surface area contributed by atoms with E-state index in [2.05, 4.69) is 25.2 Å². The van der Waals surface area contributed by atoms with Crippen molar-refractivity contribution < 1.29 is 4.74 Å². The van der Waals surface area contributed by atoms with Crippen molar-refractivity contribution in [3.8, 4) is 6.07 Å². The van der Waals surface area contributed by atoms with Crippen LogP contribution in [-0.4, -0.2) is 25.3 Å². The molecule has 0 aromatic heterocycles. The van der Waals surface area contributed by atoms with Crippen molar-refractivity contribution in [1.29, 1.82) is 5.26 Å². The van der Waals surface area contributed by atoms with E-state index in [1.807, 2.05) is 6.92 Å². The fraction of sp³-hybridized carbons (Fsp3) is 0.917. The second-order valence-electron chi connectivity index (χ2n) is 4.45. The molecule has 0 aliphatic heterocycles. The van der Waals surface area contributed by atoms with Gasteiger partial charge in [-0.05, 0) is 19.8 Å². The van der Waals surface area contributed by atoms with Crippen LogP contribution in [-0.2, 0) is 4.74 Å². The maximum atomic E-state index is 8.48. The van der Waals surface area contributed by atoms with Gasteiger partial charge in [0.05, 0.1) is 12.2 Å². The Hall–Kier alpha value is -0.590. The molecule has 1 N–H and O–H groups in total. The Morgan fingerprint density at radius 3 is 2.80 bits per heavy atom. The van der Waals surface area contributed by atoms with Crippen LogP contribution in [0.15, 0.2) is 0 Å². The molecule has 3 heteroatoms. The molecular formula is C12H22N2O. The lowest BCUT2D eigenvalue weighted by Crippen LogP contribution is -2.62. The van der Waals surface area contributed by atoms with Crippen molar-refractivity contribution >= 4 is 0 Å².